The van der Waals surface area contributed by atoms with Crippen LogP contribution in [0.1, 0.15) is 178 Å². The zero-order valence-electron chi connectivity index (χ0n) is 28.6. The predicted molar refractivity (Wildman–Crippen MR) is 169 cm³/mol. The minimum absolute atomic E-state index is 0.0953. The molecule has 1 aliphatic rings. The predicted octanol–water partition coefficient (Wildman–Crippen LogP) is 10.9. The molecular formula is C35H68O6. The van der Waals surface area contributed by atoms with Crippen LogP contribution in [0.2, 0.25) is 0 Å². The van der Waals surface area contributed by atoms with Crippen LogP contribution in [-0.2, 0) is 24.3 Å². The minimum Gasteiger partial charge on any atom is -0.301 e. The van der Waals surface area contributed by atoms with Crippen molar-refractivity contribution in [3.63, 3.8) is 0 Å². The molecule has 0 amide bonds. The second-order valence-corrected chi connectivity index (χ2v) is 15.4. The van der Waals surface area contributed by atoms with Gasteiger partial charge in [-0.2, -0.15) is 10.1 Å². The Balaban J connectivity index is 0.000000790. The third kappa shape index (κ3) is 21.2. The lowest BCUT2D eigenvalue weighted by Gasteiger charge is -2.41. The second-order valence-electron chi connectivity index (χ2n) is 15.4. The van der Waals surface area contributed by atoms with Gasteiger partial charge < -0.3 is 4.89 Å². The normalized spacial score (nSPS) is 15.6. The lowest BCUT2D eigenvalue weighted by atomic mass is 9.63. The van der Waals surface area contributed by atoms with E-state index >= 15 is 0 Å². The van der Waals surface area contributed by atoms with E-state index in [-0.39, 0.29) is 17.3 Å². The van der Waals surface area contributed by atoms with Gasteiger partial charge in [0.1, 0.15) is 0 Å². The first kappa shape index (κ1) is 39.9. The highest BCUT2D eigenvalue weighted by Gasteiger charge is 2.42. The Kier molecular flexibility index (Phi) is 20.9. The smallest absolute Gasteiger partial charge is 0.301 e. The van der Waals surface area contributed by atoms with Gasteiger partial charge >= 0.3 is 11.9 Å². The van der Waals surface area contributed by atoms with Crippen LogP contribution in [0.4, 0.5) is 0 Å². The first-order valence-electron chi connectivity index (χ1n) is 16.8. The van der Waals surface area contributed by atoms with E-state index in [0.717, 1.165) is 51.4 Å². The van der Waals surface area contributed by atoms with Gasteiger partial charge in [-0.3, -0.25) is 4.89 Å². The van der Waals surface area contributed by atoms with Crippen LogP contribution in [0.25, 0.3) is 0 Å². The Morgan fingerprint density at radius 2 is 1.32 bits per heavy atom. The highest BCUT2D eigenvalue weighted by atomic mass is 17.2. The molecule has 0 aliphatic heterocycles. The zero-order valence-corrected chi connectivity index (χ0v) is 28.6. The topological polar surface area (TPSA) is 82.1 Å². The standard InChI is InChI=1S/C19H36O3.C16H32O3/c1-18(2,3)14-10-9-13-16(17(20)22-21)19(4,5)15-11-7-6-8-12-15;1-5-6-7-11-14-18-19-15(17)12-9-8-10-13-16(2,3)4/h15-16,21H,6-14H2,1-5H3;5-14H2,1-4H3. The summed E-state index contributed by atoms with van der Waals surface area (Å²) in [4.78, 5) is 37.2. The van der Waals surface area contributed by atoms with Gasteiger partial charge in [-0.25, -0.2) is 9.59 Å². The molecule has 0 bridgehead atoms. The fraction of sp³-hybridized carbons (Fsp3) is 0.943. The van der Waals surface area contributed by atoms with Crippen molar-refractivity contribution >= 4 is 11.9 Å². The molecule has 1 atom stereocenters. The first-order valence-corrected chi connectivity index (χ1v) is 16.8. The summed E-state index contributed by atoms with van der Waals surface area (Å²) in [7, 11) is 0. The maximum Gasteiger partial charge on any atom is 0.345 e. The number of rotatable bonds is 18. The molecule has 6 heteroatoms. The Morgan fingerprint density at radius 1 is 0.756 bits per heavy atom. The van der Waals surface area contributed by atoms with E-state index in [4.69, 9.17) is 15.0 Å². The average molecular weight is 585 g/mol. The van der Waals surface area contributed by atoms with Crippen LogP contribution in [0.5, 0.6) is 0 Å². The van der Waals surface area contributed by atoms with E-state index in [1.54, 1.807) is 0 Å². The van der Waals surface area contributed by atoms with Gasteiger partial charge in [-0.1, -0.05) is 127 Å². The van der Waals surface area contributed by atoms with Crippen molar-refractivity contribution < 1.29 is 29.5 Å². The van der Waals surface area contributed by atoms with Crippen molar-refractivity contribution in [2.75, 3.05) is 6.61 Å². The molecule has 1 fully saturated rings. The van der Waals surface area contributed by atoms with Crippen molar-refractivity contribution in [3.8, 4) is 0 Å². The van der Waals surface area contributed by atoms with Crippen LogP contribution in [0.3, 0.4) is 0 Å². The Hall–Kier alpha value is -1.14. The molecule has 41 heavy (non-hydrogen) atoms. The van der Waals surface area contributed by atoms with Gasteiger partial charge in [0, 0.05) is 6.42 Å². The number of hydrogen-bond acceptors (Lipinski definition) is 6. The van der Waals surface area contributed by atoms with Crippen LogP contribution < -0.4 is 0 Å². The van der Waals surface area contributed by atoms with Crippen LogP contribution >= 0.6 is 0 Å². The quantitative estimate of drug-likeness (QED) is 0.0980. The van der Waals surface area contributed by atoms with Crippen molar-refractivity contribution in [2.24, 2.45) is 28.1 Å². The zero-order chi connectivity index (χ0) is 31.4. The highest BCUT2D eigenvalue weighted by Crippen LogP contribution is 2.45. The Bertz CT molecular complexity index is 667. The summed E-state index contributed by atoms with van der Waals surface area (Å²) in [5.41, 5.74) is 0.635. The number of hydrogen-bond donors (Lipinski definition) is 1. The van der Waals surface area contributed by atoms with Gasteiger partial charge in [0.15, 0.2) is 0 Å². The summed E-state index contributed by atoms with van der Waals surface area (Å²) in [6.07, 6.45) is 19.7. The second kappa shape index (κ2) is 21.5. The van der Waals surface area contributed by atoms with Crippen LogP contribution in [0.15, 0.2) is 0 Å². The van der Waals surface area contributed by atoms with Gasteiger partial charge in [0.25, 0.3) is 0 Å². The van der Waals surface area contributed by atoms with E-state index in [2.05, 4.69) is 67.2 Å². The Morgan fingerprint density at radius 3 is 1.85 bits per heavy atom. The molecule has 1 aliphatic carbocycles. The summed E-state index contributed by atoms with van der Waals surface area (Å²) < 4.78 is 0. The number of carbonyl (C=O) groups excluding carboxylic acids is 2. The summed E-state index contributed by atoms with van der Waals surface area (Å²) in [5.74, 6) is -0.300. The Labute approximate surface area is 253 Å². The third-order valence-corrected chi connectivity index (χ3v) is 8.64. The monoisotopic (exact) mass is 585 g/mol. The molecular weight excluding hydrogens is 516 g/mol. The summed E-state index contributed by atoms with van der Waals surface area (Å²) >= 11 is 0. The highest BCUT2D eigenvalue weighted by molar-refractivity contribution is 5.72. The largest absolute Gasteiger partial charge is 0.345 e. The van der Waals surface area contributed by atoms with Crippen molar-refractivity contribution in [1.29, 1.82) is 0 Å². The van der Waals surface area contributed by atoms with Crippen LogP contribution in [-0.4, -0.2) is 23.8 Å². The molecule has 0 saturated heterocycles. The maximum atomic E-state index is 12.1. The molecule has 1 unspecified atom stereocenters. The lowest BCUT2D eigenvalue weighted by molar-refractivity contribution is -0.272. The molecule has 0 aromatic rings. The van der Waals surface area contributed by atoms with E-state index < -0.39 is 5.97 Å². The van der Waals surface area contributed by atoms with Crippen molar-refractivity contribution in [3.05, 3.63) is 0 Å². The van der Waals surface area contributed by atoms with Crippen molar-refractivity contribution in [1.82, 2.24) is 0 Å². The third-order valence-electron chi connectivity index (χ3n) is 8.64. The maximum absolute atomic E-state index is 12.1. The molecule has 244 valence electrons. The van der Waals surface area contributed by atoms with Gasteiger partial charge in [0.2, 0.25) is 0 Å². The lowest BCUT2D eigenvalue weighted by Crippen LogP contribution is -2.39. The minimum atomic E-state index is -0.439. The van der Waals surface area contributed by atoms with Gasteiger partial charge in [-0.15, -0.1) is 0 Å². The fourth-order valence-corrected chi connectivity index (χ4v) is 5.83. The first-order chi connectivity index (χ1) is 19.1. The molecule has 0 radical (unpaired) electrons. The molecule has 1 saturated carbocycles. The molecule has 6 nitrogen and oxygen atoms in total. The van der Waals surface area contributed by atoms with E-state index in [1.807, 2.05) is 0 Å². The number of carbonyl (C=O) groups is 2. The van der Waals surface area contributed by atoms with E-state index in [9.17, 15) is 9.59 Å². The van der Waals surface area contributed by atoms with Crippen molar-refractivity contribution in [2.45, 2.75) is 178 Å². The van der Waals surface area contributed by atoms with E-state index in [1.165, 1.54) is 57.8 Å². The van der Waals surface area contributed by atoms with Gasteiger partial charge in [0.05, 0.1) is 12.5 Å². The molecule has 1 N–H and O–H groups in total. The van der Waals surface area contributed by atoms with Gasteiger partial charge in [-0.05, 0) is 67.1 Å². The average Bonchev–Trinajstić information content (AvgIpc) is 2.89. The fourth-order valence-electron chi connectivity index (χ4n) is 5.83. The molecule has 1 rings (SSSR count). The summed E-state index contributed by atoms with van der Waals surface area (Å²) in [5, 5.41) is 8.90. The van der Waals surface area contributed by atoms with E-state index in [0.29, 0.717) is 29.8 Å². The molecule has 0 aromatic carbocycles. The summed E-state index contributed by atoms with van der Waals surface area (Å²) in [6, 6.07) is 0. The SMILES string of the molecule is CC(C)(C)CCCCC(C(=O)OO)C(C)(C)C1CCCCC1.CCCCCCOOC(=O)CCCCCC(C)(C)C. The summed E-state index contributed by atoms with van der Waals surface area (Å²) in [6.45, 7) is 20.5. The molecule has 0 heterocycles. The number of unbranched alkanes of at least 4 members (excludes halogenated alkanes) is 6. The molecule has 0 aromatic heterocycles. The van der Waals surface area contributed by atoms with Crippen LogP contribution in [0, 0.1) is 28.1 Å². The molecule has 0 spiro atoms.